The molecule has 2 N–H and O–H groups in total. The third kappa shape index (κ3) is 3.88. The van der Waals surface area contributed by atoms with Crippen molar-refractivity contribution in [2.24, 2.45) is 0 Å². The summed E-state index contributed by atoms with van der Waals surface area (Å²) in [5.41, 5.74) is 5.57. The number of hydrogen-bond donors (Lipinski definition) is 1. The standard InChI is InChI=1S/C15H21FN2OS/c1-18(11-5-3-2-4-6-11)15(19)10-20-12-7-8-14(17)13(16)9-12/h7-9,11H,2-6,10,17H2,1H3. The molecule has 0 radical (unpaired) electrons. The number of nitrogen functional groups attached to an aromatic ring is 1. The Morgan fingerprint density at radius 2 is 2.10 bits per heavy atom. The van der Waals surface area contributed by atoms with Crippen molar-refractivity contribution in [1.29, 1.82) is 0 Å². The molecule has 0 unspecified atom stereocenters. The molecule has 0 aliphatic heterocycles. The van der Waals surface area contributed by atoms with Crippen LogP contribution in [0.5, 0.6) is 0 Å². The van der Waals surface area contributed by atoms with Gasteiger partial charge < -0.3 is 10.6 Å². The highest BCUT2D eigenvalue weighted by atomic mass is 32.2. The van der Waals surface area contributed by atoms with Crippen molar-refractivity contribution in [2.75, 3.05) is 18.5 Å². The minimum Gasteiger partial charge on any atom is -0.396 e. The zero-order chi connectivity index (χ0) is 14.5. The Hall–Kier alpha value is -1.23. The van der Waals surface area contributed by atoms with Gasteiger partial charge in [-0.2, -0.15) is 0 Å². The predicted octanol–water partition coefficient (Wildman–Crippen LogP) is 3.29. The van der Waals surface area contributed by atoms with Gasteiger partial charge in [0.15, 0.2) is 0 Å². The number of carbonyl (C=O) groups is 1. The van der Waals surface area contributed by atoms with Gasteiger partial charge in [0.25, 0.3) is 0 Å². The summed E-state index contributed by atoms with van der Waals surface area (Å²) in [6.45, 7) is 0. The fourth-order valence-corrected chi connectivity index (χ4v) is 3.36. The molecule has 1 fully saturated rings. The molecule has 20 heavy (non-hydrogen) atoms. The zero-order valence-electron chi connectivity index (χ0n) is 11.8. The Bertz CT molecular complexity index is 475. The summed E-state index contributed by atoms with van der Waals surface area (Å²) in [5, 5.41) is 0. The van der Waals surface area contributed by atoms with Crippen LogP contribution >= 0.6 is 11.8 Å². The van der Waals surface area contributed by atoms with Crippen LogP contribution in [-0.4, -0.2) is 29.6 Å². The molecule has 110 valence electrons. The Morgan fingerprint density at radius 3 is 2.75 bits per heavy atom. The molecule has 1 aromatic rings. The maximum atomic E-state index is 13.3. The van der Waals surface area contributed by atoms with Gasteiger partial charge in [0.2, 0.25) is 5.91 Å². The SMILES string of the molecule is CN(C(=O)CSc1ccc(N)c(F)c1)C1CCCCC1. The second kappa shape index (κ2) is 6.97. The number of nitrogens with two attached hydrogens (primary N) is 1. The lowest BCUT2D eigenvalue weighted by molar-refractivity contribution is -0.129. The van der Waals surface area contributed by atoms with E-state index in [1.165, 1.54) is 43.2 Å². The summed E-state index contributed by atoms with van der Waals surface area (Å²) in [4.78, 5) is 14.8. The van der Waals surface area contributed by atoms with Gasteiger partial charge in [-0.05, 0) is 31.0 Å². The van der Waals surface area contributed by atoms with Crippen molar-refractivity contribution >= 4 is 23.4 Å². The van der Waals surface area contributed by atoms with E-state index in [0.717, 1.165) is 17.7 Å². The number of thioether (sulfide) groups is 1. The van der Waals surface area contributed by atoms with E-state index in [0.29, 0.717) is 11.8 Å². The van der Waals surface area contributed by atoms with Gasteiger partial charge >= 0.3 is 0 Å². The second-order valence-electron chi connectivity index (χ2n) is 5.27. The topological polar surface area (TPSA) is 46.3 Å². The molecule has 1 aliphatic rings. The molecule has 5 heteroatoms. The highest BCUT2D eigenvalue weighted by molar-refractivity contribution is 8.00. The Labute approximate surface area is 123 Å². The number of benzene rings is 1. The molecule has 1 saturated carbocycles. The first-order valence-corrected chi connectivity index (χ1v) is 8.00. The maximum absolute atomic E-state index is 13.3. The summed E-state index contributed by atoms with van der Waals surface area (Å²) in [6.07, 6.45) is 5.89. The average molecular weight is 296 g/mol. The van der Waals surface area contributed by atoms with E-state index in [1.54, 1.807) is 6.07 Å². The smallest absolute Gasteiger partial charge is 0.232 e. The van der Waals surface area contributed by atoms with Crippen LogP contribution in [0.4, 0.5) is 10.1 Å². The molecule has 0 aromatic heterocycles. The number of carbonyl (C=O) groups excluding carboxylic acids is 1. The van der Waals surface area contributed by atoms with Crippen LogP contribution in [0.3, 0.4) is 0 Å². The summed E-state index contributed by atoms with van der Waals surface area (Å²) >= 11 is 1.36. The van der Waals surface area contributed by atoms with Crippen molar-refractivity contribution in [2.45, 2.75) is 43.0 Å². The van der Waals surface area contributed by atoms with Crippen molar-refractivity contribution in [3.63, 3.8) is 0 Å². The van der Waals surface area contributed by atoms with Gasteiger partial charge in [-0.25, -0.2) is 4.39 Å². The highest BCUT2D eigenvalue weighted by Crippen LogP contribution is 2.25. The average Bonchev–Trinajstić information content (AvgIpc) is 2.48. The summed E-state index contributed by atoms with van der Waals surface area (Å²) in [7, 11) is 1.88. The van der Waals surface area contributed by atoms with Crippen molar-refractivity contribution in [3.8, 4) is 0 Å². The van der Waals surface area contributed by atoms with Gasteiger partial charge in [0.05, 0.1) is 11.4 Å². The molecule has 0 bridgehead atoms. The van der Waals surface area contributed by atoms with E-state index in [1.807, 2.05) is 11.9 Å². The van der Waals surface area contributed by atoms with Crippen molar-refractivity contribution in [1.82, 2.24) is 4.90 Å². The quantitative estimate of drug-likeness (QED) is 0.685. The van der Waals surface area contributed by atoms with Crippen molar-refractivity contribution in [3.05, 3.63) is 24.0 Å². The molecule has 2 rings (SSSR count). The molecule has 0 atom stereocenters. The number of hydrogen-bond acceptors (Lipinski definition) is 3. The molecular weight excluding hydrogens is 275 g/mol. The molecule has 0 heterocycles. The van der Waals surface area contributed by atoms with E-state index < -0.39 is 5.82 Å². The summed E-state index contributed by atoms with van der Waals surface area (Å²) < 4.78 is 13.3. The van der Waals surface area contributed by atoms with E-state index >= 15 is 0 Å². The maximum Gasteiger partial charge on any atom is 0.232 e. The lowest BCUT2D eigenvalue weighted by atomic mass is 9.94. The largest absolute Gasteiger partial charge is 0.396 e. The molecule has 1 aromatic carbocycles. The zero-order valence-corrected chi connectivity index (χ0v) is 12.6. The molecule has 3 nitrogen and oxygen atoms in total. The second-order valence-corrected chi connectivity index (χ2v) is 6.32. The van der Waals surface area contributed by atoms with E-state index in [-0.39, 0.29) is 11.6 Å². The first kappa shape index (κ1) is 15.2. The number of halogens is 1. The number of amides is 1. The fourth-order valence-electron chi connectivity index (χ4n) is 2.52. The minimum absolute atomic E-state index is 0.110. The molecular formula is C15H21FN2OS. The van der Waals surface area contributed by atoms with Crippen LogP contribution in [0.1, 0.15) is 32.1 Å². The molecule has 0 saturated heterocycles. The molecule has 1 amide bonds. The number of nitrogens with zero attached hydrogens (tertiary/aromatic N) is 1. The summed E-state index contributed by atoms with van der Waals surface area (Å²) in [5.74, 6) is 0.0262. The van der Waals surface area contributed by atoms with Gasteiger partial charge in [0.1, 0.15) is 5.82 Å². The monoisotopic (exact) mass is 296 g/mol. The lowest BCUT2D eigenvalue weighted by Crippen LogP contribution is -2.39. The van der Waals surface area contributed by atoms with Crippen molar-refractivity contribution < 1.29 is 9.18 Å². The lowest BCUT2D eigenvalue weighted by Gasteiger charge is -2.31. The normalized spacial score (nSPS) is 16.1. The van der Waals surface area contributed by atoms with E-state index in [2.05, 4.69) is 0 Å². The van der Waals surface area contributed by atoms with Gasteiger partial charge in [-0.3, -0.25) is 4.79 Å². The van der Waals surface area contributed by atoms with Crippen LogP contribution in [0.25, 0.3) is 0 Å². The van der Waals surface area contributed by atoms with Crippen LogP contribution in [-0.2, 0) is 4.79 Å². The van der Waals surface area contributed by atoms with Gasteiger partial charge in [-0.15, -0.1) is 11.8 Å². The van der Waals surface area contributed by atoms with Crippen LogP contribution in [0.2, 0.25) is 0 Å². The highest BCUT2D eigenvalue weighted by Gasteiger charge is 2.21. The fraction of sp³-hybridized carbons (Fsp3) is 0.533. The Kier molecular flexibility index (Phi) is 5.29. The first-order valence-electron chi connectivity index (χ1n) is 7.01. The number of rotatable bonds is 4. The van der Waals surface area contributed by atoms with E-state index in [9.17, 15) is 9.18 Å². The first-order chi connectivity index (χ1) is 9.58. The minimum atomic E-state index is -0.428. The molecule has 1 aliphatic carbocycles. The third-order valence-corrected chi connectivity index (χ3v) is 4.83. The number of anilines is 1. The van der Waals surface area contributed by atoms with Crippen LogP contribution in [0.15, 0.2) is 23.1 Å². The third-order valence-electron chi connectivity index (χ3n) is 3.85. The Balaban J connectivity index is 1.86. The molecule has 0 spiro atoms. The van der Waals surface area contributed by atoms with E-state index in [4.69, 9.17) is 5.73 Å². The van der Waals surface area contributed by atoms with Gasteiger partial charge in [0, 0.05) is 18.0 Å². The van der Waals surface area contributed by atoms with Crippen LogP contribution < -0.4 is 5.73 Å². The van der Waals surface area contributed by atoms with Gasteiger partial charge in [-0.1, -0.05) is 19.3 Å². The predicted molar refractivity (Wildman–Crippen MR) is 81.2 cm³/mol. The Morgan fingerprint density at radius 1 is 1.40 bits per heavy atom. The summed E-state index contributed by atoms with van der Waals surface area (Å²) in [6, 6.07) is 5.04. The van der Waals surface area contributed by atoms with Crippen LogP contribution in [0, 0.1) is 5.82 Å².